The van der Waals surface area contributed by atoms with Gasteiger partial charge in [-0.1, -0.05) is 0 Å². The molecule has 1 atom stereocenters. The second-order valence-corrected chi connectivity index (χ2v) is 7.37. The number of sulfonamides is 1. The summed E-state index contributed by atoms with van der Waals surface area (Å²) < 4.78 is 28.0. The molecule has 2 rings (SSSR count). The van der Waals surface area contributed by atoms with Gasteiger partial charge < -0.3 is 9.64 Å². The highest BCUT2D eigenvalue weighted by Crippen LogP contribution is 2.16. The van der Waals surface area contributed by atoms with Gasteiger partial charge in [-0.2, -0.15) is 0 Å². The molecule has 1 aromatic carbocycles. The van der Waals surface area contributed by atoms with E-state index >= 15 is 0 Å². The largest absolute Gasteiger partial charge is 0.492 e. The Labute approximate surface area is 137 Å². The number of benzene rings is 1. The summed E-state index contributed by atoms with van der Waals surface area (Å²) in [5.74, 6) is 0.794. The first-order valence-electron chi connectivity index (χ1n) is 7.47. The molecule has 0 unspecified atom stereocenters. The van der Waals surface area contributed by atoms with Crippen LogP contribution in [0.3, 0.4) is 0 Å². The smallest absolute Gasteiger partial charge is 0.238 e. The van der Waals surface area contributed by atoms with Gasteiger partial charge in [-0.25, -0.2) is 13.6 Å². The Morgan fingerprint density at radius 2 is 2.00 bits per heavy atom. The summed E-state index contributed by atoms with van der Waals surface area (Å²) in [5, 5.41) is 5.05. The van der Waals surface area contributed by atoms with Crippen molar-refractivity contribution in [2.75, 3.05) is 33.8 Å². The first-order valence-corrected chi connectivity index (χ1v) is 9.02. The molecule has 1 amide bonds. The third-order valence-electron chi connectivity index (χ3n) is 4.09. The van der Waals surface area contributed by atoms with Crippen molar-refractivity contribution in [1.82, 2.24) is 9.80 Å². The second-order valence-electron chi connectivity index (χ2n) is 5.81. The predicted molar refractivity (Wildman–Crippen MR) is 86.6 cm³/mol. The summed E-state index contributed by atoms with van der Waals surface area (Å²) >= 11 is 0. The number of nitrogens with zero attached hydrogens (tertiary/aromatic N) is 2. The fourth-order valence-corrected chi connectivity index (χ4v) is 3.08. The van der Waals surface area contributed by atoms with Gasteiger partial charge in [0.25, 0.3) is 0 Å². The third-order valence-corrected chi connectivity index (χ3v) is 5.02. The van der Waals surface area contributed by atoms with E-state index < -0.39 is 10.0 Å². The molecule has 7 nitrogen and oxygen atoms in total. The number of carbonyl (C=O) groups excluding carboxylic acids is 1. The number of piperidine rings is 1. The molecule has 1 aromatic rings. The summed E-state index contributed by atoms with van der Waals surface area (Å²) in [6.45, 7) is 1.95. The molecule has 1 heterocycles. The van der Waals surface area contributed by atoms with Crippen molar-refractivity contribution >= 4 is 15.9 Å². The lowest BCUT2D eigenvalue weighted by atomic mass is 10.0. The molecule has 1 fully saturated rings. The van der Waals surface area contributed by atoms with Gasteiger partial charge in [0, 0.05) is 32.6 Å². The number of rotatable bonds is 6. The predicted octanol–water partition coefficient (Wildman–Crippen LogP) is 0.265. The van der Waals surface area contributed by atoms with Crippen LogP contribution in [-0.2, 0) is 14.8 Å². The average Bonchev–Trinajstić information content (AvgIpc) is 2.49. The van der Waals surface area contributed by atoms with Crippen molar-refractivity contribution < 1.29 is 17.9 Å². The Bertz CT molecular complexity index is 645. The Balaban J connectivity index is 1.79. The number of carbonyl (C=O) groups is 1. The van der Waals surface area contributed by atoms with Gasteiger partial charge in [0.1, 0.15) is 12.4 Å². The molecular weight excluding hydrogens is 318 g/mol. The fraction of sp³-hybridized carbons (Fsp3) is 0.533. The van der Waals surface area contributed by atoms with Gasteiger partial charge in [0.2, 0.25) is 15.9 Å². The number of nitrogens with two attached hydrogens (primary N) is 1. The van der Waals surface area contributed by atoms with Crippen LogP contribution >= 0.6 is 0 Å². The second kappa shape index (κ2) is 7.29. The monoisotopic (exact) mass is 341 g/mol. The molecule has 0 saturated carbocycles. The maximum atomic E-state index is 11.5. The molecule has 23 heavy (non-hydrogen) atoms. The number of hydrogen-bond donors (Lipinski definition) is 1. The summed E-state index contributed by atoms with van der Waals surface area (Å²) in [6.07, 6.45) is 1.45. The Morgan fingerprint density at radius 3 is 2.57 bits per heavy atom. The maximum Gasteiger partial charge on any atom is 0.238 e. The van der Waals surface area contributed by atoms with E-state index in [0.29, 0.717) is 24.8 Å². The van der Waals surface area contributed by atoms with E-state index in [1.807, 2.05) is 14.1 Å². The lowest BCUT2D eigenvalue weighted by Crippen LogP contribution is -2.48. The Hall–Kier alpha value is -1.64. The highest BCUT2D eigenvalue weighted by Gasteiger charge is 2.25. The number of likely N-dealkylation sites (tertiary alicyclic amines) is 1. The molecule has 0 bridgehead atoms. The molecule has 0 radical (unpaired) electrons. The number of primary sulfonamides is 1. The molecule has 0 spiro atoms. The van der Waals surface area contributed by atoms with Crippen LogP contribution in [0.25, 0.3) is 0 Å². The number of ether oxygens (including phenoxy) is 1. The van der Waals surface area contributed by atoms with Crippen LogP contribution in [0, 0.1) is 0 Å². The highest BCUT2D eigenvalue weighted by atomic mass is 32.2. The van der Waals surface area contributed by atoms with Gasteiger partial charge in [-0.05, 0) is 37.7 Å². The molecular formula is C15H23N3O4S. The minimum absolute atomic E-state index is 0.0666. The van der Waals surface area contributed by atoms with Crippen LogP contribution in [0.5, 0.6) is 5.75 Å². The number of amides is 1. The van der Waals surface area contributed by atoms with Crippen LogP contribution in [0.15, 0.2) is 29.2 Å². The van der Waals surface area contributed by atoms with E-state index in [9.17, 15) is 13.2 Å². The molecule has 1 aliphatic heterocycles. The van der Waals surface area contributed by atoms with E-state index in [2.05, 4.69) is 4.90 Å². The van der Waals surface area contributed by atoms with Crippen molar-refractivity contribution in [3.05, 3.63) is 24.3 Å². The van der Waals surface area contributed by atoms with E-state index in [0.717, 1.165) is 19.5 Å². The topological polar surface area (TPSA) is 92.9 Å². The lowest BCUT2D eigenvalue weighted by Gasteiger charge is -2.35. The molecule has 8 heteroatoms. The van der Waals surface area contributed by atoms with Crippen LogP contribution in [0.1, 0.15) is 12.8 Å². The first kappa shape index (κ1) is 17.7. The maximum absolute atomic E-state index is 11.5. The zero-order chi connectivity index (χ0) is 17.0. The van der Waals surface area contributed by atoms with Crippen molar-refractivity contribution in [2.45, 2.75) is 23.8 Å². The zero-order valence-electron chi connectivity index (χ0n) is 13.4. The Morgan fingerprint density at radius 1 is 1.35 bits per heavy atom. The molecule has 0 aliphatic carbocycles. The normalized spacial score (nSPS) is 19.2. The van der Waals surface area contributed by atoms with Gasteiger partial charge in [0.15, 0.2) is 0 Å². The standard InChI is InChI=1S/C15H23N3O4S/c1-17(12-3-8-15(19)18(2)11-12)9-10-22-13-4-6-14(7-5-13)23(16,20)21/h4-7,12H,3,8-11H2,1-2H3,(H2,16,20,21)/t12-/m0/s1. The summed E-state index contributed by atoms with van der Waals surface area (Å²) in [4.78, 5) is 15.5. The van der Waals surface area contributed by atoms with Gasteiger partial charge in [-0.15, -0.1) is 0 Å². The SMILES string of the molecule is CN1C[C@@H](N(C)CCOc2ccc(S(N)(=O)=O)cc2)CCC1=O. The summed E-state index contributed by atoms with van der Waals surface area (Å²) in [6, 6.07) is 6.37. The first-order chi connectivity index (χ1) is 10.8. The fourth-order valence-electron chi connectivity index (χ4n) is 2.57. The molecule has 1 saturated heterocycles. The minimum Gasteiger partial charge on any atom is -0.492 e. The average molecular weight is 341 g/mol. The summed E-state index contributed by atoms with van der Waals surface area (Å²) in [5.41, 5.74) is 0. The highest BCUT2D eigenvalue weighted by molar-refractivity contribution is 7.89. The van der Waals surface area contributed by atoms with Crippen LogP contribution in [0.2, 0.25) is 0 Å². The zero-order valence-corrected chi connectivity index (χ0v) is 14.3. The van der Waals surface area contributed by atoms with E-state index in [-0.39, 0.29) is 10.8 Å². The minimum atomic E-state index is -3.67. The van der Waals surface area contributed by atoms with Crippen LogP contribution < -0.4 is 9.88 Å². The molecule has 1 aliphatic rings. The Kier molecular flexibility index (Phi) is 5.61. The van der Waals surface area contributed by atoms with Gasteiger partial charge in [-0.3, -0.25) is 9.69 Å². The lowest BCUT2D eigenvalue weighted by molar-refractivity contribution is -0.133. The quantitative estimate of drug-likeness (QED) is 0.801. The summed E-state index contributed by atoms with van der Waals surface area (Å²) in [7, 11) is 0.167. The molecule has 2 N–H and O–H groups in total. The third kappa shape index (κ3) is 4.92. The van der Waals surface area contributed by atoms with Gasteiger partial charge >= 0.3 is 0 Å². The van der Waals surface area contributed by atoms with Crippen molar-refractivity contribution in [1.29, 1.82) is 0 Å². The number of likely N-dealkylation sites (N-methyl/N-ethyl adjacent to an activating group) is 2. The van der Waals surface area contributed by atoms with E-state index in [1.165, 1.54) is 12.1 Å². The van der Waals surface area contributed by atoms with Crippen molar-refractivity contribution in [2.24, 2.45) is 5.14 Å². The molecule has 0 aromatic heterocycles. The van der Waals surface area contributed by atoms with Crippen molar-refractivity contribution in [3.63, 3.8) is 0 Å². The molecule has 128 valence electrons. The van der Waals surface area contributed by atoms with Crippen LogP contribution in [0.4, 0.5) is 0 Å². The van der Waals surface area contributed by atoms with E-state index in [4.69, 9.17) is 9.88 Å². The van der Waals surface area contributed by atoms with Gasteiger partial charge in [0.05, 0.1) is 4.90 Å². The van der Waals surface area contributed by atoms with Crippen molar-refractivity contribution in [3.8, 4) is 5.75 Å². The number of hydrogen-bond acceptors (Lipinski definition) is 5. The van der Waals surface area contributed by atoms with E-state index in [1.54, 1.807) is 17.0 Å². The van der Waals surface area contributed by atoms with Crippen LogP contribution in [-0.4, -0.2) is 64.0 Å².